The van der Waals surface area contributed by atoms with Crippen LogP contribution in [0.5, 0.6) is 0 Å². The highest BCUT2D eigenvalue weighted by Gasteiger charge is 2.74. The second kappa shape index (κ2) is 2.82. The lowest BCUT2D eigenvalue weighted by Gasteiger charge is -2.09. The first-order chi connectivity index (χ1) is 7.18. The highest BCUT2D eigenvalue weighted by Crippen LogP contribution is 2.51. The Bertz CT molecular complexity index is 338. The summed E-state index contributed by atoms with van der Waals surface area (Å²) in [6.45, 7) is 1.69. The minimum absolute atomic E-state index is 0.0527. The number of fused-ring (bicyclic) bond motifs is 3. The van der Waals surface area contributed by atoms with E-state index < -0.39 is 5.92 Å². The quantitative estimate of drug-likeness (QED) is 0.426. The maximum absolute atomic E-state index is 12.0. The molecule has 82 valence electrons. The van der Waals surface area contributed by atoms with E-state index in [1.807, 2.05) is 0 Å². The Morgan fingerprint density at radius 1 is 1.27 bits per heavy atom. The second-order valence-corrected chi connectivity index (χ2v) is 5.01. The van der Waals surface area contributed by atoms with Crippen LogP contribution in [0, 0.1) is 5.92 Å². The molecule has 3 rings (SSSR count). The van der Waals surface area contributed by atoms with Crippen LogP contribution < -0.4 is 5.11 Å². The number of nitrogens with zero attached hydrogens (tertiary/aromatic N) is 2. The van der Waals surface area contributed by atoms with Gasteiger partial charge in [0.2, 0.25) is 0 Å². The number of hydrogen-bond acceptors (Lipinski definition) is 3. The largest absolute Gasteiger partial charge is 0.857 e. The number of amides is 1. The maximum Gasteiger partial charge on any atom is 0.348 e. The van der Waals surface area contributed by atoms with E-state index in [4.69, 9.17) is 0 Å². The van der Waals surface area contributed by atoms with Crippen molar-refractivity contribution in [1.29, 1.82) is 0 Å². The smallest absolute Gasteiger partial charge is 0.348 e. The number of hydrogen-bond donors (Lipinski definition) is 0. The normalized spacial score (nSPS) is 48.7. The van der Waals surface area contributed by atoms with Crippen LogP contribution in [0.3, 0.4) is 0 Å². The number of rotatable bonds is 0. The second-order valence-electron chi connectivity index (χ2n) is 5.01. The predicted molar refractivity (Wildman–Crippen MR) is 52.5 cm³/mol. The van der Waals surface area contributed by atoms with Gasteiger partial charge in [0.1, 0.15) is 5.92 Å². The zero-order valence-corrected chi connectivity index (χ0v) is 8.98. The molecule has 0 bridgehead atoms. The van der Waals surface area contributed by atoms with Gasteiger partial charge in [0.25, 0.3) is 0 Å². The molecule has 0 radical (unpaired) electrons. The third kappa shape index (κ3) is 1.00. The minimum atomic E-state index is -0.489. The van der Waals surface area contributed by atoms with Gasteiger partial charge in [0.15, 0.2) is 12.1 Å². The third-order valence-electron chi connectivity index (χ3n) is 4.22. The molecule has 0 N–H and O–H groups in total. The van der Waals surface area contributed by atoms with E-state index in [1.54, 1.807) is 6.92 Å². The van der Waals surface area contributed by atoms with Crippen LogP contribution in [0.15, 0.2) is 5.10 Å². The highest BCUT2D eigenvalue weighted by atomic mass is 16.3. The molecular formula is C11H16N2O2. The van der Waals surface area contributed by atoms with E-state index in [-0.39, 0.29) is 16.4 Å². The van der Waals surface area contributed by atoms with Crippen LogP contribution in [0.4, 0.5) is 0 Å². The Kier molecular flexibility index (Phi) is 1.75. The van der Waals surface area contributed by atoms with Crippen molar-refractivity contribution in [3.8, 4) is 0 Å². The molecule has 2 aliphatic heterocycles. The van der Waals surface area contributed by atoms with Gasteiger partial charge in [-0.3, -0.25) is 0 Å². The molecule has 4 nitrogen and oxygen atoms in total. The molecule has 1 spiro atoms. The summed E-state index contributed by atoms with van der Waals surface area (Å²) in [5, 5.41) is 15.6. The Morgan fingerprint density at radius 2 is 1.87 bits per heavy atom. The van der Waals surface area contributed by atoms with Gasteiger partial charge >= 0.3 is 5.91 Å². The van der Waals surface area contributed by atoms with Crippen molar-refractivity contribution in [1.82, 2.24) is 0 Å². The molecule has 2 fully saturated rings. The Labute approximate surface area is 89.2 Å². The van der Waals surface area contributed by atoms with Crippen LogP contribution in [0.2, 0.25) is 0 Å². The van der Waals surface area contributed by atoms with Crippen molar-refractivity contribution in [3.05, 3.63) is 0 Å². The van der Waals surface area contributed by atoms with Gasteiger partial charge < -0.3 is 5.11 Å². The lowest BCUT2D eigenvalue weighted by atomic mass is 10.1. The SMILES string of the molecule is CC1C(=O)[N+]2(N=C1[O-])C1CCCCCC12. The van der Waals surface area contributed by atoms with Crippen molar-refractivity contribution in [3.63, 3.8) is 0 Å². The van der Waals surface area contributed by atoms with E-state index in [0.717, 1.165) is 12.8 Å². The van der Waals surface area contributed by atoms with E-state index in [9.17, 15) is 9.90 Å². The Balaban J connectivity index is 1.92. The lowest BCUT2D eigenvalue weighted by Crippen LogP contribution is -2.33. The van der Waals surface area contributed by atoms with Crippen LogP contribution in [0.25, 0.3) is 0 Å². The zero-order chi connectivity index (χ0) is 10.6. The molecule has 1 aliphatic carbocycles. The van der Waals surface area contributed by atoms with Gasteiger partial charge in [-0.15, -0.1) is 4.59 Å². The van der Waals surface area contributed by atoms with Gasteiger partial charge in [-0.05, 0) is 19.8 Å². The van der Waals surface area contributed by atoms with Gasteiger partial charge in [0.05, 0.1) is 0 Å². The van der Waals surface area contributed by atoms with Crippen molar-refractivity contribution in [2.24, 2.45) is 11.0 Å². The van der Waals surface area contributed by atoms with Crippen molar-refractivity contribution in [2.75, 3.05) is 0 Å². The average Bonchev–Trinajstić information content (AvgIpc) is 2.84. The molecule has 1 saturated heterocycles. The monoisotopic (exact) mass is 208 g/mol. The molecule has 2 heterocycles. The summed E-state index contributed by atoms with van der Waals surface area (Å²) in [4.78, 5) is 12.0. The van der Waals surface area contributed by atoms with Gasteiger partial charge in [0, 0.05) is 18.7 Å². The number of carbonyl (C=O) groups is 1. The summed E-state index contributed by atoms with van der Waals surface area (Å²) < 4.78 is 0.181. The van der Waals surface area contributed by atoms with E-state index >= 15 is 0 Å². The average molecular weight is 208 g/mol. The molecule has 3 unspecified atom stereocenters. The van der Waals surface area contributed by atoms with Crippen LogP contribution in [-0.2, 0) is 4.79 Å². The summed E-state index contributed by atoms with van der Waals surface area (Å²) in [5.74, 6) is -0.637. The molecule has 4 heteroatoms. The van der Waals surface area contributed by atoms with E-state index in [1.165, 1.54) is 19.3 Å². The molecule has 0 aromatic rings. The fourth-order valence-corrected chi connectivity index (χ4v) is 3.31. The molecule has 1 saturated carbocycles. The zero-order valence-electron chi connectivity index (χ0n) is 8.98. The van der Waals surface area contributed by atoms with Crippen molar-refractivity contribution >= 4 is 11.8 Å². The topological polar surface area (TPSA) is 52.5 Å². The van der Waals surface area contributed by atoms with E-state index in [0.29, 0.717) is 12.1 Å². The first-order valence-corrected chi connectivity index (χ1v) is 5.88. The minimum Gasteiger partial charge on any atom is -0.857 e. The van der Waals surface area contributed by atoms with Gasteiger partial charge in [-0.1, -0.05) is 11.5 Å². The van der Waals surface area contributed by atoms with E-state index in [2.05, 4.69) is 5.10 Å². The summed E-state index contributed by atoms with van der Waals surface area (Å²) in [6, 6.07) is 0.683. The molecule has 15 heavy (non-hydrogen) atoms. The van der Waals surface area contributed by atoms with Crippen molar-refractivity contribution in [2.45, 2.75) is 51.1 Å². The molecule has 1 amide bonds. The predicted octanol–water partition coefficient (Wildman–Crippen LogP) is 0.368. The first-order valence-electron chi connectivity index (χ1n) is 5.88. The number of carbonyl (C=O) groups excluding carboxylic acids is 1. The standard InChI is InChI=1S/C11H16N2O2/c1-7-10(14)12-13(11(7)15)8-5-3-2-4-6-9(8)13/h7-9H,2-6H2,1H3. The molecular weight excluding hydrogens is 192 g/mol. The van der Waals surface area contributed by atoms with Crippen LogP contribution in [0.1, 0.15) is 39.0 Å². The third-order valence-corrected chi connectivity index (χ3v) is 4.22. The summed E-state index contributed by atoms with van der Waals surface area (Å²) >= 11 is 0. The first kappa shape index (κ1) is 9.33. The lowest BCUT2D eigenvalue weighted by molar-refractivity contribution is -0.753. The molecule has 3 aliphatic rings. The Hall–Kier alpha value is -0.900. The fraction of sp³-hybridized carbons (Fsp3) is 0.818. The maximum atomic E-state index is 12.0. The summed E-state index contributed by atoms with van der Waals surface area (Å²) in [5.41, 5.74) is 0. The molecule has 3 atom stereocenters. The summed E-state index contributed by atoms with van der Waals surface area (Å²) in [7, 11) is 0. The molecule has 0 aromatic heterocycles. The van der Waals surface area contributed by atoms with Crippen LogP contribution in [-0.4, -0.2) is 28.5 Å². The van der Waals surface area contributed by atoms with Crippen molar-refractivity contribution < 1.29 is 14.5 Å². The summed E-state index contributed by atoms with van der Waals surface area (Å²) in [6.07, 6.45) is 5.78. The molecule has 0 aromatic carbocycles. The fourth-order valence-electron chi connectivity index (χ4n) is 3.31. The van der Waals surface area contributed by atoms with Crippen LogP contribution >= 0.6 is 0 Å². The Morgan fingerprint density at radius 3 is 2.33 bits per heavy atom. The van der Waals surface area contributed by atoms with Gasteiger partial charge in [-0.2, -0.15) is 0 Å². The highest BCUT2D eigenvalue weighted by molar-refractivity contribution is 5.98. The van der Waals surface area contributed by atoms with Gasteiger partial charge in [-0.25, -0.2) is 4.79 Å². The number of quaternary nitrogens is 1.